The second kappa shape index (κ2) is 8.93. The van der Waals surface area contributed by atoms with Gasteiger partial charge in [-0.15, -0.1) is 0 Å². The summed E-state index contributed by atoms with van der Waals surface area (Å²) in [5, 5.41) is 7.91. The summed E-state index contributed by atoms with van der Waals surface area (Å²) < 4.78 is 33.2. The van der Waals surface area contributed by atoms with Crippen LogP contribution in [0.1, 0.15) is 44.2 Å². The number of unbranched alkanes of at least 4 members (excludes halogenated alkanes) is 1. The number of thiocarbonyl (C=S) groups is 1. The third kappa shape index (κ3) is 4.34. The lowest BCUT2D eigenvalue weighted by Gasteiger charge is -2.37. The average molecular weight is 441 g/mol. The number of hydrogen-bond acceptors (Lipinski definition) is 4. The van der Waals surface area contributed by atoms with Crippen LogP contribution in [0.25, 0.3) is 17.0 Å². The van der Waals surface area contributed by atoms with Crippen molar-refractivity contribution in [3.8, 4) is 11.4 Å². The van der Waals surface area contributed by atoms with Gasteiger partial charge in [0.15, 0.2) is 5.11 Å². The van der Waals surface area contributed by atoms with Gasteiger partial charge in [-0.05, 0) is 55.4 Å². The van der Waals surface area contributed by atoms with Gasteiger partial charge >= 0.3 is 0 Å². The molecule has 2 aromatic carbocycles. The molecule has 0 saturated carbocycles. The Bertz CT molecular complexity index is 1140. The Balaban J connectivity index is 1.81. The molecular formula is C23H22F2N4OS. The van der Waals surface area contributed by atoms with Crippen LogP contribution in [0.2, 0.25) is 0 Å². The van der Waals surface area contributed by atoms with Gasteiger partial charge in [-0.3, -0.25) is 0 Å². The lowest BCUT2D eigenvalue weighted by Crippen LogP contribution is -2.46. The molecule has 1 aromatic heterocycles. The average Bonchev–Trinajstić information content (AvgIpc) is 3.23. The Kier molecular flexibility index (Phi) is 6.08. The van der Waals surface area contributed by atoms with E-state index in [1.807, 2.05) is 17.9 Å². The Morgan fingerprint density at radius 3 is 2.58 bits per heavy atom. The summed E-state index contributed by atoms with van der Waals surface area (Å²) in [7, 11) is 0. The SMILES string of the molecule is CCCCN1C(=S)NC(c2cccc(F)c2)C(c2nc(-c3cccc(F)c3)no2)=C1C. The van der Waals surface area contributed by atoms with Crippen LogP contribution in [-0.4, -0.2) is 26.7 Å². The molecule has 0 amide bonds. The van der Waals surface area contributed by atoms with Crippen molar-refractivity contribution in [2.45, 2.75) is 32.7 Å². The molecule has 0 fully saturated rings. The predicted octanol–water partition coefficient (Wildman–Crippen LogP) is 5.48. The fourth-order valence-corrected chi connectivity index (χ4v) is 4.00. The first-order valence-corrected chi connectivity index (χ1v) is 10.5. The third-order valence-electron chi connectivity index (χ3n) is 5.25. The maximum absolute atomic E-state index is 14.0. The number of nitrogens with one attached hydrogen (secondary N) is 1. The summed E-state index contributed by atoms with van der Waals surface area (Å²) in [6, 6.07) is 11.9. The first-order chi connectivity index (χ1) is 15.0. The second-order valence-electron chi connectivity index (χ2n) is 7.38. The van der Waals surface area contributed by atoms with E-state index in [-0.39, 0.29) is 23.3 Å². The molecule has 1 N–H and O–H groups in total. The highest BCUT2D eigenvalue weighted by atomic mass is 32.1. The topological polar surface area (TPSA) is 54.2 Å². The van der Waals surface area contributed by atoms with Crippen molar-refractivity contribution >= 4 is 22.9 Å². The van der Waals surface area contributed by atoms with Crippen LogP contribution in [0, 0.1) is 11.6 Å². The van der Waals surface area contributed by atoms with E-state index in [0.717, 1.165) is 25.1 Å². The van der Waals surface area contributed by atoms with Crippen LogP contribution in [0.15, 0.2) is 58.8 Å². The van der Waals surface area contributed by atoms with Crippen molar-refractivity contribution in [1.29, 1.82) is 0 Å². The molecule has 8 heteroatoms. The van der Waals surface area contributed by atoms with Crippen LogP contribution in [-0.2, 0) is 0 Å². The first-order valence-electron chi connectivity index (χ1n) is 10.1. The molecule has 0 radical (unpaired) electrons. The molecule has 31 heavy (non-hydrogen) atoms. The van der Waals surface area contributed by atoms with Crippen LogP contribution < -0.4 is 5.32 Å². The van der Waals surface area contributed by atoms with E-state index >= 15 is 0 Å². The van der Waals surface area contributed by atoms with Crippen LogP contribution in [0.3, 0.4) is 0 Å². The van der Waals surface area contributed by atoms with E-state index in [4.69, 9.17) is 16.7 Å². The molecule has 0 bridgehead atoms. The number of rotatable bonds is 6. The number of hydrogen-bond donors (Lipinski definition) is 1. The maximum atomic E-state index is 14.0. The van der Waals surface area contributed by atoms with Gasteiger partial charge in [0.25, 0.3) is 5.89 Å². The number of allylic oxidation sites excluding steroid dienone is 1. The minimum Gasteiger partial charge on any atom is -0.351 e. The molecule has 0 spiro atoms. The smallest absolute Gasteiger partial charge is 0.258 e. The molecule has 0 saturated heterocycles. The lowest BCUT2D eigenvalue weighted by molar-refractivity contribution is 0.395. The van der Waals surface area contributed by atoms with Crippen molar-refractivity contribution in [2.24, 2.45) is 0 Å². The summed E-state index contributed by atoms with van der Waals surface area (Å²) in [6.45, 7) is 4.79. The van der Waals surface area contributed by atoms with Crippen molar-refractivity contribution in [3.63, 3.8) is 0 Å². The third-order valence-corrected chi connectivity index (χ3v) is 5.59. The van der Waals surface area contributed by atoms with Gasteiger partial charge in [-0.25, -0.2) is 8.78 Å². The minimum absolute atomic E-state index is 0.279. The lowest BCUT2D eigenvalue weighted by atomic mass is 9.94. The Labute approximate surface area is 184 Å². The Morgan fingerprint density at radius 2 is 1.87 bits per heavy atom. The number of halogens is 2. The first kappa shape index (κ1) is 21.1. The molecule has 1 aliphatic heterocycles. The van der Waals surface area contributed by atoms with E-state index in [1.54, 1.807) is 18.2 Å². The van der Waals surface area contributed by atoms with Gasteiger partial charge in [-0.2, -0.15) is 4.98 Å². The van der Waals surface area contributed by atoms with Crippen molar-refractivity contribution in [1.82, 2.24) is 20.4 Å². The van der Waals surface area contributed by atoms with Gasteiger partial charge in [-0.1, -0.05) is 42.8 Å². The zero-order valence-corrected chi connectivity index (χ0v) is 18.0. The van der Waals surface area contributed by atoms with Gasteiger partial charge in [0.2, 0.25) is 5.82 Å². The highest BCUT2D eigenvalue weighted by molar-refractivity contribution is 7.80. The highest BCUT2D eigenvalue weighted by Gasteiger charge is 2.34. The van der Waals surface area contributed by atoms with Crippen molar-refractivity contribution < 1.29 is 13.3 Å². The fourth-order valence-electron chi connectivity index (χ4n) is 3.66. The molecule has 0 aliphatic carbocycles. The van der Waals surface area contributed by atoms with Crippen LogP contribution in [0.5, 0.6) is 0 Å². The van der Waals surface area contributed by atoms with E-state index in [1.165, 1.54) is 24.3 Å². The monoisotopic (exact) mass is 440 g/mol. The molecule has 3 aromatic rings. The normalized spacial score (nSPS) is 16.6. The number of aromatic nitrogens is 2. The molecular weight excluding hydrogens is 418 g/mol. The maximum Gasteiger partial charge on any atom is 0.258 e. The fraction of sp³-hybridized carbons (Fsp3) is 0.261. The van der Waals surface area contributed by atoms with Gasteiger partial charge in [0.1, 0.15) is 11.6 Å². The van der Waals surface area contributed by atoms with Crippen LogP contribution in [0.4, 0.5) is 8.78 Å². The number of nitrogens with zero attached hydrogens (tertiary/aromatic N) is 3. The van der Waals surface area contributed by atoms with Crippen molar-refractivity contribution in [2.75, 3.05) is 6.54 Å². The summed E-state index contributed by atoms with van der Waals surface area (Å²) >= 11 is 5.61. The molecule has 2 heterocycles. The van der Waals surface area contributed by atoms with E-state index < -0.39 is 6.04 Å². The zero-order chi connectivity index (χ0) is 22.0. The summed E-state index contributed by atoms with van der Waals surface area (Å²) in [6.07, 6.45) is 1.97. The molecule has 4 rings (SSSR count). The van der Waals surface area contributed by atoms with Crippen LogP contribution >= 0.6 is 12.2 Å². The van der Waals surface area contributed by atoms with Gasteiger partial charge in [0.05, 0.1) is 11.6 Å². The largest absolute Gasteiger partial charge is 0.351 e. The molecule has 1 atom stereocenters. The Morgan fingerprint density at radius 1 is 1.13 bits per heavy atom. The van der Waals surface area contributed by atoms with E-state index in [0.29, 0.717) is 21.8 Å². The predicted molar refractivity (Wildman–Crippen MR) is 119 cm³/mol. The summed E-state index contributed by atoms with van der Waals surface area (Å²) in [5.41, 5.74) is 2.78. The number of benzene rings is 2. The zero-order valence-electron chi connectivity index (χ0n) is 17.2. The highest BCUT2D eigenvalue weighted by Crippen LogP contribution is 2.37. The standard InChI is InChI=1S/C23H22F2N4OS/c1-3-4-11-29-14(2)19(20(26-23(29)31)15-7-5-9-17(24)12-15)22-27-21(28-30-22)16-8-6-10-18(25)13-16/h5-10,12-13,20H,3-4,11H2,1-2H3,(H,26,31). The Hall–Kier alpha value is -3.13. The second-order valence-corrected chi connectivity index (χ2v) is 7.76. The molecule has 160 valence electrons. The molecule has 5 nitrogen and oxygen atoms in total. The quantitative estimate of drug-likeness (QED) is 0.513. The summed E-state index contributed by atoms with van der Waals surface area (Å²) in [5.74, 6) is -0.169. The van der Waals surface area contributed by atoms with Crippen molar-refractivity contribution in [3.05, 3.63) is 77.3 Å². The molecule has 1 unspecified atom stereocenters. The van der Waals surface area contributed by atoms with Gasteiger partial charge in [0, 0.05) is 17.8 Å². The van der Waals surface area contributed by atoms with E-state index in [2.05, 4.69) is 22.4 Å². The molecule has 1 aliphatic rings. The minimum atomic E-state index is -0.457. The van der Waals surface area contributed by atoms with E-state index in [9.17, 15) is 8.78 Å². The van der Waals surface area contributed by atoms with Gasteiger partial charge < -0.3 is 14.7 Å². The summed E-state index contributed by atoms with van der Waals surface area (Å²) in [4.78, 5) is 6.52.